The van der Waals surface area contributed by atoms with E-state index in [0.717, 1.165) is 0 Å². The summed E-state index contributed by atoms with van der Waals surface area (Å²) in [5, 5.41) is -0.837. The summed E-state index contributed by atoms with van der Waals surface area (Å²) in [4.78, 5) is 0. The first-order chi connectivity index (χ1) is 6.58. The van der Waals surface area contributed by atoms with E-state index in [1.165, 1.54) is 0 Å². The van der Waals surface area contributed by atoms with Crippen LogP contribution in [0.1, 0.15) is 13.8 Å². The first-order valence-corrected chi connectivity index (χ1v) is 6.33. The van der Waals surface area contributed by atoms with E-state index >= 15 is 0 Å². The third kappa shape index (κ3) is 6.21. The Kier molecular flexibility index (Phi) is 5.35. The zero-order valence-corrected chi connectivity index (χ0v) is 9.95. The minimum absolute atomic E-state index is 0.186. The summed E-state index contributed by atoms with van der Waals surface area (Å²) < 4.78 is 59.0. The summed E-state index contributed by atoms with van der Waals surface area (Å²) in [6, 6.07) is 0. The average molecular weight is 268 g/mol. The van der Waals surface area contributed by atoms with Crippen LogP contribution >= 0.6 is 11.6 Å². The molecule has 92 valence electrons. The van der Waals surface area contributed by atoms with Gasteiger partial charge in [0.2, 0.25) is 10.0 Å². The third-order valence-corrected chi connectivity index (χ3v) is 3.62. The maximum Gasteiger partial charge on any atom is 0.402 e. The van der Waals surface area contributed by atoms with Crippen molar-refractivity contribution in [1.82, 2.24) is 4.31 Å². The van der Waals surface area contributed by atoms with Crippen LogP contribution in [0.4, 0.5) is 13.2 Å². The molecule has 3 nitrogen and oxygen atoms in total. The number of rotatable bonds is 5. The molecule has 0 aromatic rings. The van der Waals surface area contributed by atoms with E-state index in [0.29, 0.717) is 4.31 Å². The van der Waals surface area contributed by atoms with Gasteiger partial charge in [0.1, 0.15) is 11.8 Å². The number of hydrogen-bond donors (Lipinski definition) is 0. The van der Waals surface area contributed by atoms with Crippen LogP contribution in [0, 0.1) is 5.92 Å². The predicted octanol–water partition coefficient (Wildman–Crippen LogP) is 2.03. The van der Waals surface area contributed by atoms with Crippen LogP contribution in [-0.2, 0) is 10.0 Å². The van der Waals surface area contributed by atoms with Gasteiger partial charge in [0.25, 0.3) is 0 Å². The Balaban J connectivity index is 4.75. The molecule has 0 amide bonds. The van der Waals surface area contributed by atoms with Crippen molar-refractivity contribution in [2.24, 2.45) is 5.92 Å². The second kappa shape index (κ2) is 5.36. The summed E-state index contributed by atoms with van der Waals surface area (Å²) in [6.45, 7) is 1.59. The Morgan fingerprint density at radius 2 is 1.80 bits per heavy atom. The van der Waals surface area contributed by atoms with Gasteiger partial charge in [-0.1, -0.05) is 13.8 Å². The molecule has 0 saturated carbocycles. The molecule has 0 unspecified atom stereocenters. The van der Waals surface area contributed by atoms with Gasteiger partial charge in [-0.3, -0.25) is 0 Å². The summed E-state index contributed by atoms with van der Waals surface area (Å²) >= 11 is 5.10. The van der Waals surface area contributed by atoms with E-state index < -0.39 is 28.0 Å². The molecule has 8 heteroatoms. The van der Waals surface area contributed by atoms with Crippen molar-refractivity contribution in [3.8, 4) is 0 Å². The number of nitrogens with zero attached hydrogens (tertiary/aromatic N) is 1. The van der Waals surface area contributed by atoms with E-state index in [1.54, 1.807) is 13.8 Å². The zero-order valence-electron chi connectivity index (χ0n) is 8.38. The van der Waals surface area contributed by atoms with Gasteiger partial charge in [-0.2, -0.15) is 17.5 Å². The molecule has 0 aromatic carbocycles. The summed E-state index contributed by atoms with van der Waals surface area (Å²) in [5.74, 6) is -0.189. The number of sulfonamides is 1. The van der Waals surface area contributed by atoms with E-state index in [-0.39, 0.29) is 12.5 Å². The van der Waals surface area contributed by atoms with Crippen LogP contribution in [0.15, 0.2) is 0 Å². The van der Waals surface area contributed by atoms with Crippen LogP contribution in [0.3, 0.4) is 0 Å². The molecule has 0 radical (unpaired) electrons. The Morgan fingerprint density at radius 1 is 1.33 bits per heavy atom. The Labute approximate surface area is 92.2 Å². The molecule has 0 bridgehead atoms. The SMILES string of the molecule is CC(C)CN(CC(F)(F)F)S(=O)(=O)CCl. The molecule has 15 heavy (non-hydrogen) atoms. The zero-order chi connectivity index (χ0) is 12.3. The van der Waals surface area contributed by atoms with Crippen molar-refractivity contribution in [3.63, 3.8) is 0 Å². The predicted molar refractivity (Wildman–Crippen MR) is 52.1 cm³/mol. The fraction of sp³-hybridized carbons (Fsp3) is 1.00. The van der Waals surface area contributed by atoms with Crippen molar-refractivity contribution >= 4 is 21.6 Å². The first-order valence-electron chi connectivity index (χ1n) is 4.19. The Bertz CT molecular complexity index is 289. The third-order valence-electron chi connectivity index (χ3n) is 1.46. The van der Waals surface area contributed by atoms with Crippen molar-refractivity contribution in [2.45, 2.75) is 20.0 Å². The van der Waals surface area contributed by atoms with Gasteiger partial charge in [0, 0.05) is 6.54 Å². The molecule has 0 fully saturated rings. The highest BCUT2D eigenvalue weighted by Gasteiger charge is 2.36. The minimum atomic E-state index is -4.55. The average Bonchev–Trinajstić information content (AvgIpc) is 1.99. The molecule has 0 spiro atoms. The monoisotopic (exact) mass is 267 g/mol. The highest BCUT2D eigenvalue weighted by atomic mass is 35.5. The van der Waals surface area contributed by atoms with Crippen molar-refractivity contribution in [3.05, 3.63) is 0 Å². The first kappa shape index (κ1) is 15.0. The minimum Gasteiger partial charge on any atom is -0.211 e. The molecule has 0 aliphatic carbocycles. The topological polar surface area (TPSA) is 37.4 Å². The molecule has 0 aliphatic heterocycles. The highest BCUT2D eigenvalue weighted by molar-refractivity contribution is 7.90. The lowest BCUT2D eigenvalue weighted by molar-refractivity contribution is -0.136. The smallest absolute Gasteiger partial charge is 0.211 e. The maximum absolute atomic E-state index is 12.1. The normalized spacial score (nSPS) is 13.9. The number of alkyl halides is 4. The fourth-order valence-electron chi connectivity index (χ4n) is 0.953. The van der Waals surface area contributed by atoms with Crippen LogP contribution in [0.2, 0.25) is 0 Å². The number of hydrogen-bond acceptors (Lipinski definition) is 2. The Hall–Kier alpha value is -0.0100. The lowest BCUT2D eigenvalue weighted by atomic mass is 10.2. The lowest BCUT2D eigenvalue weighted by Gasteiger charge is -2.23. The standard InChI is InChI=1S/C7H13ClF3NO2S/c1-6(2)3-12(4-7(9,10)11)15(13,14)5-8/h6H,3-5H2,1-2H3. The van der Waals surface area contributed by atoms with Crippen molar-refractivity contribution in [2.75, 3.05) is 18.3 Å². The lowest BCUT2D eigenvalue weighted by Crippen LogP contribution is -2.41. The van der Waals surface area contributed by atoms with E-state index in [1.807, 2.05) is 0 Å². The molecular formula is C7H13ClF3NO2S. The summed E-state index contributed by atoms with van der Waals surface area (Å²) in [5.41, 5.74) is 0. The second-order valence-corrected chi connectivity index (χ2v) is 6.08. The molecule has 0 aliphatic rings. The summed E-state index contributed by atoms with van der Waals surface area (Å²) in [6.07, 6.45) is -4.55. The summed E-state index contributed by atoms with van der Waals surface area (Å²) in [7, 11) is -4.01. The van der Waals surface area contributed by atoms with Gasteiger partial charge < -0.3 is 0 Å². The molecule has 0 rings (SSSR count). The molecule has 0 aromatic heterocycles. The van der Waals surface area contributed by atoms with Gasteiger partial charge in [-0.05, 0) is 5.92 Å². The van der Waals surface area contributed by atoms with Gasteiger partial charge >= 0.3 is 6.18 Å². The van der Waals surface area contributed by atoms with Crippen LogP contribution in [-0.4, -0.2) is 37.2 Å². The number of halogens is 4. The van der Waals surface area contributed by atoms with E-state index in [9.17, 15) is 21.6 Å². The van der Waals surface area contributed by atoms with Crippen molar-refractivity contribution in [1.29, 1.82) is 0 Å². The largest absolute Gasteiger partial charge is 0.402 e. The van der Waals surface area contributed by atoms with Gasteiger partial charge in [-0.25, -0.2) is 8.42 Å². The molecule has 0 atom stereocenters. The molecule has 0 saturated heterocycles. The fourth-order valence-corrected chi connectivity index (χ4v) is 2.37. The van der Waals surface area contributed by atoms with Gasteiger partial charge in [-0.15, -0.1) is 11.6 Å². The second-order valence-electron chi connectivity index (χ2n) is 3.52. The van der Waals surface area contributed by atoms with Crippen LogP contribution < -0.4 is 0 Å². The van der Waals surface area contributed by atoms with Gasteiger partial charge in [0.05, 0.1) is 0 Å². The van der Waals surface area contributed by atoms with E-state index in [2.05, 4.69) is 0 Å². The molecular weight excluding hydrogens is 255 g/mol. The molecule has 0 heterocycles. The Morgan fingerprint density at radius 3 is 2.07 bits per heavy atom. The van der Waals surface area contributed by atoms with Crippen LogP contribution in [0.25, 0.3) is 0 Å². The maximum atomic E-state index is 12.1. The highest BCUT2D eigenvalue weighted by Crippen LogP contribution is 2.20. The quantitative estimate of drug-likeness (QED) is 0.715. The molecule has 0 N–H and O–H groups in total. The van der Waals surface area contributed by atoms with Gasteiger partial charge in [0.15, 0.2) is 0 Å². The van der Waals surface area contributed by atoms with Crippen molar-refractivity contribution < 1.29 is 21.6 Å². The van der Waals surface area contributed by atoms with E-state index in [4.69, 9.17) is 11.6 Å². The van der Waals surface area contributed by atoms with Crippen LogP contribution in [0.5, 0.6) is 0 Å².